The molecule has 0 spiro atoms. The summed E-state index contributed by atoms with van der Waals surface area (Å²) in [4.78, 5) is 60.2. The third-order valence-electron chi connectivity index (χ3n) is 11.6. The van der Waals surface area contributed by atoms with E-state index in [1.807, 2.05) is 173 Å². The summed E-state index contributed by atoms with van der Waals surface area (Å²) in [6, 6.07) is 57.0. The molecule has 0 aliphatic rings. The Balaban J connectivity index is 0.000000956. The molecule has 14 heteroatoms. The number of anilines is 4. The summed E-state index contributed by atoms with van der Waals surface area (Å²) in [5, 5.41) is 26.1. The van der Waals surface area contributed by atoms with Crippen molar-refractivity contribution in [3.05, 3.63) is 226 Å². The molecule has 0 bridgehead atoms. The average Bonchev–Trinajstić information content (AvgIpc) is 3.48. The van der Waals surface area contributed by atoms with Gasteiger partial charge in [0.2, 0.25) is 0 Å². The lowest BCUT2D eigenvalue weighted by Gasteiger charge is -2.16. The van der Waals surface area contributed by atoms with E-state index in [0.29, 0.717) is 25.3 Å². The molecule has 0 aliphatic carbocycles. The Kier molecular flexibility index (Phi) is 40.6. The number of benzene rings is 7. The number of rotatable bonds is 16. The van der Waals surface area contributed by atoms with Gasteiger partial charge < -0.3 is 45.2 Å². The molecule has 14 nitrogen and oxygen atoms in total. The van der Waals surface area contributed by atoms with Gasteiger partial charge in [0.15, 0.2) is 0 Å². The SMILES string of the molecule is CCOC(=O)C(Cc1cccc(N(C)C)c1)C(C)=O.CCOC(=O)CC(C)=O.CCc1cccc(N(C)C)c1.CN(C)c1cccc(CO)c1.Cc1cccc(C=O)c1.Cc1cccc(CO)c1.Cc1ccccc1.Nc1cccc(CO)c1. The number of esters is 2. The van der Waals surface area contributed by atoms with Crippen LogP contribution in [0.25, 0.3) is 0 Å². The van der Waals surface area contributed by atoms with Crippen molar-refractivity contribution >= 4 is 52.5 Å². The molecule has 0 radical (unpaired) electrons. The zero-order valence-corrected chi connectivity index (χ0v) is 52.2. The second-order valence-electron chi connectivity index (χ2n) is 19.7. The fourth-order valence-electron chi connectivity index (χ4n) is 7.02. The summed E-state index contributed by atoms with van der Waals surface area (Å²) in [5.41, 5.74) is 19.1. The molecule has 0 saturated heterocycles. The maximum Gasteiger partial charge on any atom is 0.316 e. The number of carbonyl (C=O) groups is 5. The maximum absolute atomic E-state index is 11.8. The van der Waals surface area contributed by atoms with E-state index in [-0.39, 0.29) is 37.8 Å². The number of ketones is 2. The Morgan fingerprint density at radius 3 is 1.25 bits per heavy atom. The number of aryl methyl sites for hydroxylation is 4. The second kappa shape index (κ2) is 45.1. The van der Waals surface area contributed by atoms with Crippen molar-refractivity contribution in [3.63, 3.8) is 0 Å². The van der Waals surface area contributed by atoms with Gasteiger partial charge in [-0.25, -0.2) is 0 Å². The number of hydrogen-bond donors (Lipinski definition) is 4. The van der Waals surface area contributed by atoms with Crippen LogP contribution in [0.4, 0.5) is 22.7 Å². The topological polar surface area (TPSA) is 200 Å². The van der Waals surface area contributed by atoms with Gasteiger partial charge in [0.25, 0.3) is 0 Å². The highest BCUT2D eigenvalue weighted by molar-refractivity contribution is 5.98. The lowest BCUT2D eigenvalue weighted by atomic mass is 9.95. The third-order valence-corrected chi connectivity index (χ3v) is 11.6. The Morgan fingerprint density at radius 1 is 0.488 bits per heavy atom. The minimum Gasteiger partial charge on any atom is -0.466 e. The predicted octanol–water partition coefficient (Wildman–Crippen LogP) is 12.2. The quantitative estimate of drug-likeness (QED) is 0.0308. The fraction of sp³-hybridized carbons (Fsp3) is 0.329. The summed E-state index contributed by atoms with van der Waals surface area (Å²) in [5.74, 6) is -1.91. The molecule has 0 fully saturated rings. The van der Waals surface area contributed by atoms with Gasteiger partial charge >= 0.3 is 11.9 Å². The fourth-order valence-corrected chi connectivity index (χ4v) is 7.02. The molecule has 84 heavy (non-hydrogen) atoms. The number of aliphatic hydroxyl groups is 3. The molecule has 1 unspecified atom stereocenters. The summed E-state index contributed by atoms with van der Waals surface area (Å²) >= 11 is 0. The summed E-state index contributed by atoms with van der Waals surface area (Å²) in [6.45, 7) is 15.4. The average molecular weight is 1150 g/mol. The number of aldehydes is 1. The first-order valence-electron chi connectivity index (χ1n) is 27.8. The highest BCUT2D eigenvalue weighted by atomic mass is 16.5. The number of nitrogens with two attached hydrogens (primary N) is 1. The summed E-state index contributed by atoms with van der Waals surface area (Å²) < 4.78 is 9.44. The molecule has 454 valence electrons. The van der Waals surface area contributed by atoms with Crippen molar-refractivity contribution in [2.75, 3.05) is 75.9 Å². The Bertz CT molecular complexity index is 2850. The van der Waals surface area contributed by atoms with Gasteiger partial charge in [-0.15, -0.1) is 0 Å². The van der Waals surface area contributed by atoms with Gasteiger partial charge in [-0.3, -0.25) is 24.0 Å². The van der Waals surface area contributed by atoms with Crippen molar-refractivity contribution in [2.45, 2.75) is 94.5 Å². The van der Waals surface area contributed by atoms with Crippen molar-refractivity contribution in [3.8, 4) is 0 Å². The highest BCUT2D eigenvalue weighted by Gasteiger charge is 2.25. The van der Waals surface area contributed by atoms with Crippen molar-refractivity contribution in [1.29, 1.82) is 0 Å². The van der Waals surface area contributed by atoms with Crippen LogP contribution >= 0.6 is 0 Å². The van der Waals surface area contributed by atoms with E-state index < -0.39 is 17.9 Å². The number of ether oxygens (including phenoxy) is 2. The number of Topliss-reactive ketones (excluding diaryl/α,β-unsaturated/α-hetero) is 2. The van der Waals surface area contributed by atoms with Crippen molar-refractivity contribution in [2.24, 2.45) is 5.92 Å². The normalized spacial score (nSPS) is 9.87. The minimum atomic E-state index is -0.711. The van der Waals surface area contributed by atoms with Crippen LogP contribution in [0, 0.1) is 26.7 Å². The summed E-state index contributed by atoms with van der Waals surface area (Å²) in [6.07, 6.45) is 2.25. The Morgan fingerprint density at radius 2 is 0.893 bits per heavy atom. The zero-order valence-electron chi connectivity index (χ0n) is 52.2. The van der Waals surface area contributed by atoms with Crippen LogP contribution < -0.4 is 20.4 Å². The highest BCUT2D eigenvalue weighted by Crippen LogP contribution is 2.19. The Labute approximate surface area is 501 Å². The zero-order chi connectivity index (χ0) is 63.4. The van der Waals surface area contributed by atoms with Crippen molar-refractivity contribution in [1.82, 2.24) is 0 Å². The first kappa shape index (κ1) is 75.6. The molecule has 7 aromatic rings. The molecule has 0 aliphatic heterocycles. The molecule has 1 atom stereocenters. The van der Waals surface area contributed by atoms with Gasteiger partial charge in [0.05, 0.1) is 33.0 Å². The standard InChI is InChI=1S/C15H21NO3.C10H15N.C9H13NO.C8H10O.C8H8O.C7H9NO.C7H8.C6H10O3/c1-5-19-15(18)14(11(2)17)10-12-7-6-8-13(9-12)16(3)4;1-4-9-6-5-7-10(8-9)11(2)3;1-10(2)9-5-3-4-8(6-9)7-11;2*1-7-3-2-4-8(5-7)6-9;8-7-3-1-2-6(4-7)5-9;1-7-5-3-2-4-6-7;1-3-9-6(8)4-5(2)7/h6-9,14H,5,10H2,1-4H3;5-8H,4H2,1-3H3;3-6,11H,7H2,1-2H3;2-5,9H,6H2,1H3;2-6H,1H3;1-4,9H,5,8H2;2-6H,1H3;3-4H2,1-2H3. The molecule has 0 aromatic heterocycles. The van der Waals surface area contributed by atoms with E-state index in [9.17, 15) is 24.0 Å². The number of nitrogens with zero attached hydrogens (tertiary/aromatic N) is 3. The molecule has 0 heterocycles. The van der Waals surface area contributed by atoms with E-state index in [4.69, 9.17) is 25.8 Å². The van der Waals surface area contributed by atoms with E-state index >= 15 is 0 Å². The molecular weight excluding hydrogens is 1060 g/mol. The predicted molar refractivity (Wildman–Crippen MR) is 346 cm³/mol. The van der Waals surface area contributed by atoms with Gasteiger partial charge in [-0.2, -0.15) is 0 Å². The lowest BCUT2D eigenvalue weighted by molar-refractivity contribution is -0.151. The number of aliphatic hydroxyl groups excluding tert-OH is 3. The van der Waals surface area contributed by atoms with Crippen LogP contribution in [0.3, 0.4) is 0 Å². The van der Waals surface area contributed by atoms with E-state index in [1.54, 1.807) is 32.0 Å². The van der Waals surface area contributed by atoms with Gasteiger partial charge in [-0.05, 0) is 144 Å². The maximum atomic E-state index is 11.8. The molecule has 7 aromatic carbocycles. The monoisotopic (exact) mass is 1150 g/mol. The van der Waals surface area contributed by atoms with Gasteiger partial charge in [-0.1, -0.05) is 145 Å². The largest absolute Gasteiger partial charge is 0.466 e. The third kappa shape index (κ3) is 36.1. The van der Waals surface area contributed by atoms with Crippen LogP contribution in [-0.4, -0.2) is 101 Å². The van der Waals surface area contributed by atoms with Crippen LogP contribution in [0.15, 0.2) is 176 Å². The van der Waals surface area contributed by atoms with Crippen LogP contribution in [0.2, 0.25) is 0 Å². The minimum absolute atomic E-state index is 0.0606. The van der Waals surface area contributed by atoms with E-state index in [2.05, 4.69) is 74.0 Å². The van der Waals surface area contributed by atoms with Crippen LogP contribution in [0.1, 0.15) is 95.9 Å². The molecule has 5 N–H and O–H groups in total. The smallest absolute Gasteiger partial charge is 0.316 e. The number of carbonyl (C=O) groups excluding carboxylic acids is 5. The number of hydrogen-bond acceptors (Lipinski definition) is 14. The Hall–Kier alpha value is -8.43. The summed E-state index contributed by atoms with van der Waals surface area (Å²) in [7, 11) is 12.0. The van der Waals surface area contributed by atoms with Gasteiger partial charge in [0.1, 0.15) is 30.2 Å². The first-order chi connectivity index (χ1) is 40.0. The van der Waals surface area contributed by atoms with E-state index in [1.165, 1.54) is 36.2 Å². The lowest BCUT2D eigenvalue weighted by Crippen LogP contribution is -2.26. The first-order valence-corrected chi connectivity index (χ1v) is 27.8. The number of nitrogen functional groups attached to an aromatic ring is 1. The molecular formula is C70H94N4O10. The van der Waals surface area contributed by atoms with Gasteiger partial charge in [0, 0.05) is 70.6 Å². The molecule has 0 saturated carbocycles. The van der Waals surface area contributed by atoms with Crippen LogP contribution in [-0.2, 0) is 61.3 Å². The molecule has 7 rings (SSSR count). The second-order valence-corrected chi connectivity index (χ2v) is 19.7. The van der Waals surface area contributed by atoms with Crippen LogP contribution in [0.5, 0.6) is 0 Å². The molecule has 0 amide bonds. The van der Waals surface area contributed by atoms with E-state index in [0.717, 1.165) is 57.5 Å². The van der Waals surface area contributed by atoms with Crippen molar-refractivity contribution < 1.29 is 48.8 Å².